The molecule has 0 aromatic rings. The van der Waals surface area contributed by atoms with Crippen LogP contribution in [-0.4, -0.2) is 92.9 Å². The summed E-state index contributed by atoms with van der Waals surface area (Å²) in [7, 11) is 1.76. The third-order valence-electron chi connectivity index (χ3n) is 6.97. The Morgan fingerprint density at radius 3 is 2.67 bits per heavy atom. The molecule has 0 aromatic heterocycles. The van der Waals surface area contributed by atoms with E-state index in [2.05, 4.69) is 6.92 Å². The standard InChI is InChI=1S/C22H31N3O4S/c1-4-7-14(2)24-11-6-9-22-17(20(28)25(12-13-26)18(22)21(24)29)16-15(30-22)8-5-10-23(3)19(16)27/h5-6,8-9,14-18,26H,4,7,10-13H2,1-3H3/t14?,15-,16+,17-,18?,22-/m0/s1. The summed E-state index contributed by atoms with van der Waals surface area (Å²) in [5.74, 6) is -1.38. The zero-order valence-corrected chi connectivity index (χ0v) is 18.7. The molecule has 0 bridgehead atoms. The second kappa shape index (κ2) is 8.04. The zero-order chi connectivity index (χ0) is 21.6. The van der Waals surface area contributed by atoms with Gasteiger partial charge in [0.05, 0.1) is 23.2 Å². The maximum absolute atomic E-state index is 13.8. The Morgan fingerprint density at radius 1 is 1.20 bits per heavy atom. The minimum atomic E-state index is -0.780. The van der Waals surface area contributed by atoms with Gasteiger partial charge in [-0.15, -0.1) is 11.8 Å². The van der Waals surface area contributed by atoms with Crippen LogP contribution in [0.25, 0.3) is 0 Å². The molecule has 164 valence electrons. The highest BCUT2D eigenvalue weighted by Crippen LogP contribution is 2.60. The fourth-order valence-corrected chi connectivity index (χ4v) is 7.61. The SMILES string of the molecule is CCCC(C)N1CC=C[C@]23S[C@H]4C=CCN(C)C(=O)[C@H]4[C@H]2C(=O)N(CCO)C3C1=O. The van der Waals surface area contributed by atoms with Crippen LogP contribution in [-0.2, 0) is 14.4 Å². The average Bonchev–Trinajstić information content (AvgIpc) is 3.02. The molecule has 0 saturated carbocycles. The van der Waals surface area contributed by atoms with Gasteiger partial charge in [-0.2, -0.15) is 0 Å². The number of nitrogens with zero attached hydrogens (tertiary/aromatic N) is 3. The lowest BCUT2D eigenvalue weighted by Crippen LogP contribution is -2.55. The molecule has 6 atom stereocenters. The van der Waals surface area contributed by atoms with E-state index in [0.29, 0.717) is 13.1 Å². The summed E-state index contributed by atoms with van der Waals surface area (Å²) in [5, 5.41) is 9.52. The molecule has 4 heterocycles. The normalized spacial score (nSPS) is 36.5. The number of amides is 3. The first-order chi connectivity index (χ1) is 14.4. The van der Waals surface area contributed by atoms with Crippen LogP contribution in [0, 0.1) is 11.8 Å². The van der Waals surface area contributed by atoms with Crippen LogP contribution in [0.3, 0.4) is 0 Å². The maximum Gasteiger partial charge on any atom is 0.247 e. The molecule has 7 nitrogen and oxygen atoms in total. The molecule has 30 heavy (non-hydrogen) atoms. The number of β-amino-alcohol motifs (C(OH)–C–C–N with tert-alkyl or cyclic N) is 1. The van der Waals surface area contributed by atoms with Crippen molar-refractivity contribution in [1.29, 1.82) is 0 Å². The first-order valence-electron chi connectivity index (χ1n) is 10.9. The highest BCUT2D eigenvalue weighted by molar-refractivity contribution is 8.02. The highest BCUT2D eigenvalue weighted by atomic mass is 32.2. The Labute approximate surface area is 182 Å². The first-order valence-corrected chi connectivity index (χ1v) is 11.7. The van der Waals surface area contributed by atoms with Crippen LogP contribution in [0.1, 0.15) is 26.7 Å². The minimum absolute atomic E-state index is 0.0429. The van der Waals surface area contributed by atoms with Gasteiger partial charge in [0.25, 0.3) is 0 Å². The second-order valence-electron chi connectivity index (χ2n) is 8.77. The molecule has 0 radical (unpaired) electrons. The Kier molecular flexibility index (Phi) is 5.74. The van der Waals surface area contributed by atoms with E-state index >= 15 is 0 Å². The predicted octanol–water partition coefficient (Wildman–Crippen LogP) is 0.891. The van der Waals surface area contributed by atoms with E-state index in [1.807, 2.05) is 36.1 Å². The van der Waals surface area contributed by atoms with Gasteiger partial charge in [0, 0.05) is 38.0 Å². The van der Waals surface area contributed by atoms with Gasteiger partial charge in [-0.05, 0) is 13.3 Å². The van der Waals surface area contributed by atoms with Crippen molar-refractivity contribution in [2.24, 2.45) is 11.8 Å². The summed E-state index contributed by atoms with van der Waals surface area (Å²) < 4.78 is -0.780. The fourth-order valence-electron chi connectivity index (χ4n) is 5.60. The van der Waals surface area contributed by atoms with Crippen LogP contribution >= 0.6 is 11.8 Å². The van der Waals surface area contributed by atoms with E-state index in [1.54, 1.807) is 28.6 Å². The smallest absolute Gasteiger partial charge is 0.247 e. The van der Waals surface area contributed by atoms with Gasteiger partial charge in [-0.1, -0.05) is 37.6 Å². The highest BCUT2D eigenvalue weighted by Gasteiger charge is 2.70. The third kappa shape index (κ3) is 3.02. The van der Waals surface area contributed by atoms with Crippen LogP contribution < -0.4 is 0 Å². The number of hydrogen-bond acceptors (Lipinski definition) is 5. The number of aliphatic hydroxyl groups excluding tert-OH is 1. The molecule has 2 saturated heterocycles. The molecule has 4 aliphatic heterocycles. The first kappa shape index (κ1) is 21.4. The number of thioether (sulfide) groups is 1. The number of hydrogen-bond donors (Lipinski definition) is 1. The van der Waals surface area contributed by atoms with E-state index < -0.39 is 22.6 Å². The molecule has 1 spiro atoms. The van der Waals surface area contributed by atoms with Crippen molar-refractivity contribution in [3.63, 3.8) is 0 Å². The Hall–Kier alpha value is -1.80. The van der Waals surface area contributed by atoms with E-state index in [9.17, 15) is 19.5 Å². The average molecular weight is 434 g/mol. The zero-order valence-electron chi connectivity index (χ0n) is 17.9. The molecule has 8 heteroatoms. The number of likely N-dealkylation sites (tertiary alicyclic amines) is 1. The van der Waals surface area contributed by atoms with Crippen LogP contribution in [0.15, 0.2) is 24.3 Å². The molecular formula is C22H31N3O4S. The van der Waals surface area contributed by atoms with Crippen LogP contribution in [0.5, 0.6) is 0 Å². The Bertz CT molecular complexity index is 799. The van der Waals surface area contributed by atoms with Gasteiger partial charge < -0.3 is 19.8 Å². The van der Waals surface area contributed by atoms with Crippen molar-refractivity contribution >= 4 is 29.5 Å². The van der Waals surface area contributed by atoms with Crippen molar-refractivity contribution in [2.75, 3.05) is 33.3 Å². The van der Waals surface area contributed by atoms with Crippen molar-refractivity contribution < 1.29 is 19.5 Å². The number of fused-ring (bicyclic) bond motifs is 2. The van der Waals surface area contributed by atoms with E-state index in [0.717, 1.165) is 12.8 Å². The summed E-state index contributed by atoms with van der Waals surface area (Å²) >= 11 is 1.58. The molecule has 4 aliphatic rings. The molecule has 1 N–H and O–H groups in total. The quantitative estimate of drug-likeness (QED) is 0.652. The van der Waals surface area contributed by atoms with Gasteiger partial charge in [-0.25, -0.2) is 0 Å². The molecule has 2 unspecified atom stereocenters. The lowest BCUT2D eigenvalue weighted by molar-refractivity contribution is -0.145. The van der Waals surface area contributed by atoms with Gasteiger partial charge in [0.1, 0.15) is 6.04 Å². The number of rotatable bonds is 5. The summed E-state index contributed by atoms with van der Waals surface area (Å²) in [4.78, 5) is 45.7. The van der Waals surface area contributed by atoms with E-state index in [4.69, 9.17) is 0 Å². The lowest BCUT2D eigenvalue weighted by Gasteiger charge is -2.37. The second-order valence-corrected chi connectivity index (χ2v) is 10.3. The number of carbonyl (C=O) groups excluding carboxylic acids is 3. The van der Waals surface area contributed by atoms with Crippen LogP contribution in [0.4, 0.5) is 0 Å². The summed E-state index contributed by atoms with van der Waals surface area (Å²) in [5.41, 5.74) is 0. The van der Waals surface area contributed by atoms with Crippen molar-refractivity contribution in [2.45, 2.75) is 48.8 Å². The van der Waals surface area contributed by atoms with Crippen molar-refractivity contribution in [3.05, 3.63) is 24.3 Å². The third-order valence-corrected chi connectivity index (χ3v) is 8.71. The molecule has 4 rings (SSSR count). The fraction of sp³-hybridized carbons (Fsp3) is 0.682. The molecule has 3 amide bonds. The molecular weight excluding hydrogens is 402 g/mol. The topological polar surface area (TPSA) is 81.2 Å². The van der Waals surface area contributed by atoms with E-state index in [-0.39, 0.29) is 42.2 Å². The minimum Gasteiger partial charge on any atom is -0.395 e. The van der Waals surface area contributed by atoms with Gasteiger partial charge in [0.15, 0.2) is 0 Å². The van der Waals surface area contributed by atoms with Crippen molar-refractivity contribution in [3.8, 4) is 0 Å². The number of carbonyl (C=O) groups is 3. The molecule has 2 fully saturated rings. The monoisotopic (exact) mass is 433 g/mol. The van der Waals surface area contributed by atoms with Crippen LogP contribution in [0.2, 0.25) is 0 Å². The Balaban J connectivity index is 1.80. The van der Waals surface area contributed by atoms with E-state index in [1.165, 1.54) is 0 Å². The maximum atomic E-state index is 13.8. The predicted molar refractivity (Wildman–Crippen MR) is 116 cm³/mol. The summed E-state index contributed by atoms with van der Waals surface area (Å²) in [6.45, 7) is 5.07. The van der Waals surface area contributed by atoms with Gasteiger partial charge >= 0.3 is 0 Å². The molecule has 0 aromatic carbocycles. The van der Waals surface area contributed by atoms with Gasteiger partial charge in [0.2, 0.25) is 17.7 Å². The van der Waals surface area contributed by atoms with Crippen molar-refractivity contribution in [1.82, 2.24) is 14.7 Å². The summed E-state index contributed by atoms with van der Waals surface area (Å²) in [6, 6.07) is -0.624. The lowest BCUT2D eigenvalue weighted by atomic mass is 9.78. The number of aliphatic hydroxyl groups is 1. The number of likely N-dealkylation sites (N-methyl/N-ethyl adjacent to an activating group) is 1. The summed E-state index contributed by atoms with van der Waals surface area (Å²) in [6.07, 6.45) is 9.90. The molecule has 0 aliphatic carbocycles. The largest absolute Gasteiger partial charge is 0.395 e. The Morgan fingerprint density at radius 2 is 1.97 bits per heavy atom. The van der Waals surface area contributed by atoms with Gasteiger partial charge in [-0.3, -0.25) is 14.4 Å².